The van der Waals surface area contributed by atoms with E-state index in [2.05, 4.69) is 26.3 Å². The van der Waals surface area contributed by atoms with E-state index in [0.717, 1.165) is 34.5 Å². The molecule has 1 aromatic carbocycles. The number of aryl methyl sites for hydroxylation is 1. The van der Waals surface area contributed by atoms with Gasteiger partial charge in [0.25, 0.3) is 0 Å². The highest BCUT2D eigenvalue weighted by molar-refractivity contribution is 14.0. The summed E-state index contributed by atoms with van der Waals surface area (Å²) >= 11 is 6.03. The van der Waals surface area contributed by atoms with Gasteiger partial charge in [0, 0.05) is 31.4 Å². The summed E-state index contributed by atoms with van der Waals surface area (Å²) in [6, 6.07) is 13.9. The molecule has 0 saturated heterocycles. The zero-order valence-electron chi connectivity index (χ0n) is 13.6. The van der Waals surface area contributed by atoms with Gasteiger partial charge in [-0.05, 0) is 36.8 Å². The number of nitrogens with one attached hydrogen (secondary N) is 1. The Morgan fingerprint density at radius 3 is 2.65 bits per heavy atom. The van der Waals surface area contributed by atoms with E-state index in [9.17, 15) is 0 Å². The monoisotopic (exact) mass is 444 g/mol. The van der Waals surface area contributed by atoms with Crippen LogP contribution in [-0.2, 0) is 13.1 Å². The van der Waals surface area contributed by atoms with Gasteiger partial charge in [0.1, 0.15) is 0 Å². The molecular weight excluding hydrogens is 423 g/mol. The Morgan fingerprint density at radius 2 is 2.00 bits per heavy atom. The first-order valence-electron chi connectivity index (χ1n) is 7.17. The van der Waals surface area contributed by atoms with Gasteiger partial charge in [0.15, 0.2) is 5.96 Å². The van der Waals surface area contributed by atoms with Gasteiger partial charge in [-0.1, -0.05) is 29.8 Å². The predicted molar refractivity (Wildman–Crippen MR) is 108 cm³/mol. The first kappa shape index (κ1) is 19.7. The summed E-state index contributed by atoms with van der Waals surface area (Å²) in [7, 11) is 3.78. The Hall–Kier alpha value is -1.34. The van der Waals surface area contributed by atoms with Crippen LogP contribution in [0.15, 0.2) is 47.5 Å². The van der Waals surface area contributed by atoms with Gasteiger partial charge < -0.3 is 10.2 Å². The van der Waals surface area contributed by atoms with Crippen molar-refractivity contribution >= 4 is 41.5 Å². The van der Waals surface area contributed by atoms with Gasteiger partial charge in [0.05, 0.1) is 12.2 Å². The largest absolute Gasteiger partial charge is 0.351 e. The molecule has 2 rings (SSSR count). The Labute approximate surface area is 160 Å². The van der Waals surface area contributed by atoms with Gasteiger partial charge >= 0.3 is 0 Å². The molecule has 1 heterocycles. The number of halogens is 2. The van der Waals surface area contributed by atoms with Crippen LogP contribution in [0.1, 0.15) is 17.0 Å². The molecule has 0 atom stereocenters. The minimum Gasteiger partial charge on any atom is -0.351 e. The molecule has 0 radical (unpaired) electrons. The molecule has 0 spiro atoms. The lowest BCUT2D eigenvalue weighted by molar-refractivity contribution is 0.476. The Bertz CT molecular complexity index is 661. The standard InChI is InChI=1S/C17H21ClN4.HI/c1-13-6-4-9-16(21-13)11-20-17(19-2)22(3)12-14-7-5-8-15(18)10-14;/h4-10H,11-12H2,1-3H3,(H,19,20);1H. The second kappa shape index (κ2) is 9.72. The van der Waals surface area contributed by atoms with Crippen LogP contribution in [0.2, 0.25) is 5.02 Å². The molecule has 0 aliphatic heterocycles. The van der Waals surface area contributed by atoms with Crippen molar-refractivity contribution in [3.05, 3.63) is 64.4 Å². The number of pyridine rings is 1. The zero-order valence-corrected chi connectivity index (χ0v) is 16.7. The van der Waals surface area contributed by atoms with Gasteiger partial charge in [-0.3, -0.25) is 9.98 Å². The number of aliphatic imine (C=N–C) groups is 1. The number of hydrogen-bond acceptors (Lipinski definition) is 2. The number of rotatable bonds is 4. The molecule has 0 bridgehead atoms. The Morgan fingerprint density at radius 1 is 1.26 bits per heavy atom. The van der Waals surface area contributed by atoms with Crippen LogP contribution in [0.3, 0.4) is 0 Å². The smallest absolute Gasteiger partial charge is 0.194 e. The summed E-state index contributed by atoms with van der Waals surface area (Å²) in [6.07, 6.45) is 0. The highest BCUT2D eigenvalue weighted by atomic mass is 127. The van der Waals surface area contributed by atoms with Gasteiger partial charge in [-0.25, -0.2) is 0 Å². The lowest BCUT2D eigenvalue weighted by Crippen LogP contribution is -2.38. The van der Waals surface area contributed by atoms with E-state index < -0.39 is 0 Å². The van der Waals surface area contributed by atoms with Crippen molar-refractivity contribution in [1.29, 1.82) is 0 Å². The van der Waals surface area contributed by atoms with E-state index in [4.69, 9.17) is 11.6 Å². The fourth-order valence-corrected chi connectivity index (χ4v) is 2.45. The molecule has 0 amide bonds. The van der Waals surface area contributed by atoms with E-state index in [1.54, 1.807) is 7.05 Å². The highest BCUT2D eigenvalue weighted by Gasteiger charge is 2.07. The lowest BCUT2D eigenvalue weighted by atomic mass is 10.2. The predicted octanol–water partition coefficient (Wildman–Crippen LogP) is 3.87. The van der Waals surface area contributed by atoms with Crippen LogP contribution in [0.25, 0.3) is 0 Å². The van der Waals surface area contributed by atoms with Crippen molar-refractivity contribution in [2.24, 2.45) is 4.99 Å². The topological polar surface area (TPSA) is 40.5 Å². The number of guanidine groups is 1. The molecule has 0 saturated carbocycles. The fraction of sp³-hybridized carbons (Fsp3) is 0.294. The first-order chi connectivity index (χ1) is 10.6. The van der Waals surface area contributed by atoms with E-state index in [0.29, 0.717) is 6.54 Å². The normalized spacial score (nSPS) is 10.9. The van der Waals surface area contributed by atoms with E-state index in [1.165, 1.54) is 0 Å². The first-order valence-corrected chi connectivity index (χ1v) is 7.55. The average Bonchev–Trinajstić information content (AvgIpc) is 2.48. The second-order valence-corrected chi connectivity index (χ2v) is 5.59. The molecule has 2 aromatic rings. The summed E-state index contributed by atoms with van der Waals surface area (Å²) in [5, 5.41) is 4.08. The van der Waals surface area contributed by atoms with E-state index in [1.807, 2.05) is 50.4 Å². The number of benzene rings is 1. The fourth-order valence-electron chi connectivity index (χ4n) is 2.24. The number of aromatic nitrogens is 1. The van der Waals surface area contributed by atoms with Gasteiger partial charge in [-0.2, -0.15) is 0 Å². The van der Waals surface area contributed by atoms with Gasteiger partial charge in [0.2, 0.25) is 0 Å². The third-order valence-electron chi connectivity index (χ3n) is 3.26. The van der Waals surface area contributed by atoms with Crippen molar-refractivity contribution in [3.8, 4) is 0 Å². The van der Waals surface area contributed by atoms with Crippen molar-refractivity contribution < 1.29 is 0 Å². The lowest BCUT2D eigenvalue weighted by Gasteiger charge is -2.22. The van der Waals surface area contributed by atoms with Crippen molar-refractivity contribution in [2.75, 3.05) is 14.1 Å². The highest BCUT2D eigenvalue weighted by Crippen LogP contribution is 2.12. The molecule has 1 N–H and O–H groups in total. The van der Waals surface area contributed by atoms with E-state index >= 15 is 0 Å². The Balaban J connectivity index is 0.00000264. The maximum Gasteiger partial charge on any atom is 0.194 e. The molecule has 1 aromatic heterocycles. The van der Waals surface area contributed by atoms with Crippen LogP contribution in [0, 0.1) is 6.92 Å². The molecule has 0 unspecified atom stereocenters. The third kappa shape index (κ3) is 6.35. The van der Waals surface area contributed by atoms with Crippen molar-refractivity contribution in [3.63, 3.8) is 0 Å². The van der Waals surface area contributed by atoms with Crippen molar-refractivity contribution in [1.82, 2.24) is 15.2 Å². The molecule has 4 nitrogen and oxygen atoms in total. The van der Waals surface area contributed by atoms with Crippen molar-refractivity contribution in [2.45, 2.75) is 20.0 Å². The molecular formula is C17H22ClIN4. The number of hydrogen-bond donors (Lipinski definition) is 1. The van der Waals surface area contributed by atoms with Crippen LogP contribution in [0.5, 0.6) is 0 Å². The molecule has 23 heavy (non-hydrogen) atoms. The van der Waals surface area contributed by atoms with E-state index in [-0.39, 0.29) is 24.0 Å². The average molecular weight is 445 g/mol. The van der Waals surface area contributed by atoms with Gasteiger partial charge in [-0.15, -0.1) is 24.0 Å². The molecule has 6 heteroatoms. The van der Waals surface area contributed by atoms with Crippen LogP contribution in [0.4, 0.5) is 0 Å². The summed E-state index contributed by atoms with van der Waals surface area (Å²) in [4.78, 5) is 10.9. The van der Waals surface area contributed by atoms with Crippen LogP contribution in [-0.4, -0.2) is 29.9 Å². The summed E-state index contributed by atoms with van der Waals surface area (Å²) < 4.78 is 0. The zero-order chi connectivity index (χ0) is 15.9. The maximum atomic E-state index is 6.03. The van der Waals surface area contributed by atoms with Crippen LogP contribution < -0.4 is 5.32 Å². The quantitative estimate of drug-likeness (QED) is 0.442. The third-order valence-corrected chi connectivity index (χ3v) is 3.49. The minimum absolute atomic E-state index is 0. The molecule has 0 aliphatic carbocycles. The second-order valence-electron chi connectivity index (χ2n) is 5.16. The number of nitrogens with zero attached hydrogens (tertiary/aromatic N) is 3. The summed E-state index contributed by atoms with van der Waals surface area (Å²) in [6.45, 7) is 3.37. The summed E-state index contributed by atoms with van der Waals surface area (Å²) in [5.41, 5.74) is 3.16. The summed E-state index contributed by atoms with van der Waals surface area (Å²) in [5.74, 6) is 0.822. The Kier molecular flexibility index (Phi) is 8.33. The van der Waals surface area contributed by atoms with Crippen LogP contribution >= 0.6 is 35.6 Å². The molecule has 124 valence electrons. The molecule has 0 fully saturated rings. The minimum atomic E-state index is 0. The SMILES string of the molecule is CN=C(NCc1cccc(C)n1)N(C)Cc1cccc(Cl)c1.I. The molecule has 0 aliphatic rings. The maximum absolute atomic E-state index is 6.03.